The molecule has 1 heterocycles. The van der Waals surface area contributed by atoms with Crippen LogP contribution in [0.3, 0.4) is 0 Å². The Hall–Kier alpha value is -1.80. The number of carbonyl (C=O) groups is 1. The molecular formula is C20H17BrCl2N2O3S. The largest absolute Gasteiger partial charge is 0.493 e. The lowest BCUT2D eigenvalue weighted by molar-refractivity contribution is -0.116. The number of anilines is 1. The molecule has 3 aromatic rings. The van der Waals surface area contributed by atoms with Crippen LogP contribution in [0.4, 0.5) is 5.13 Å². The van der Waals surface area contributed by atoms with E-state index in [1.54, 1.807) is 32.4 Å². The molecule has 0 aliphatic rings. The van der Waals surface area contributed by atoms with Crippen LogP contribution in [0.2, 0.25) is 10.0 Å². The molecule has 0 spiro atoms. The lowest BCUT2D eigenvalue weighted by Gasteiger charge is -2.11. The molecule has 0 bridgehead atoms. The van der Waals surface area contributed by atoms with E-state index in [0.29, 0.717) is 45.2 Å². The summed E-state index contributed by atoms with van der Waals surface area (Å²) >= 11 is 17.0. The van der Waals surface area contributed by atoms with Gasteiger partial charge in [0.15, 0.2) is 16.6 Å². The van der Waals surface area contributed by atoms with Gasteiger partial charge in [0, 0.05) is 26.9 Å². The second-order valence-corrected chi connectivity index (χ2v) is 8.56. The number of hydrogen-bond acceptors (Lipinski definition) is 5. The zero-order valence-corrected chi connectivity index (χ0v) is 19.5. The molecule has 5 nitrogen and oxygen atoms in total. The fourth-order valence-electron chi connectivity index (χ4n) is 2.67. The molecule has 0 radical (unpaired) electrons. The van der Waals surface area contributed by atoms with Crippen LogP contribution in [-0.4, -0.2) is 25.1 Å². The average molecular weight is 516 g/mol. The van der Waals surface area contributed by atoms with Gasteiger partial charge in [-0.25, -0.2) is 4.98 Å². The Morgan fingerprint density at radius 3 is 2.59 bits per heavy atom. The molecular weight excluding hydrogens is 499 g/mol. The lowest BCUT2D eigenvalue weighted by atomic mass is 10.1. The maximum absolute atomic E-state index is 12.4. The van der Waals surface area contributed by atoms with Crippen LogP contribution in [0.15, 0.2) is 40.2 Å². The second kappa shape index (κ2) is 9.80. The van der Waals surface area contributed by atoms with Crippen LogP contribution in [0.25, 0.3) is 11.3 Å². The van der Waals surface area contributed by atoms with E-state index in [1.807, 2.05) is 17.5 Å². The zero-order chi connectivity index (χ0) is 21.0. The molecule has 9 heteroatoms. The molecule has 2 aromatic carbocycles. The van der Waals surface area contributed by atoms with Gasteiger partial charge in [-0.05, 0) is 42.3 Å². The number of benzene rings is 2. The third-order valence-corrected chi connectivity index (χ3v) is 6.18. The maximum atomic E-state index is 12.4. The molecule has 0 saturated carbocycles. The molecule has 0 atom stereocenters. The minimum absolute atomic E-state index is 0.130. The standard InChI is InChI=1S/C20H17BrCl2N2O3S/c1-27-17-7-11(14(21)9-18(17)28-2)3-6-19(26)25-20-24-16(10-29-20)13-5-4-12(22)8-15(13)23/h4-5,7-10H,3,6H2,1-2H3,(H,24,25,26). The van der Waals surface area contributed by atoms with Crippen LogP contribution >= 0.6 is 50.5 Å². The number of thiazole rings is 1. The van der Waals surface area contributed by atoms with Crippen molar-refractivity contribution < 1.29 is 14.3 Å². The molecule has 0 aliphatic carbocycles. The highest BCUT2D eigenvalue weighted by atomic mass is 79.9. The van der Waals surface area contributed by atoms with Crippen LogP contribution in [-0.2, 0) is 11.2 Å². The predicted octanol–water partition coefficient (Wildman–Crippen LogP) is 6.47. The topological polar surface area (TPSA) is 60.5 Å². The Balaban J connectivity index is 1.64. The van der Waals surface area contributed by atoms with Crippen molar-refractivity contribution in [3.63, 3.8) is 0 Å². The first-order valence-corrected chi connectivity index (χ1v) is 10.9. The number of nitrogens with one attached hydrogen (secondary N) is 1. The molecule has 29 heavy (non-hydrogen) atoms. The van der Waals surface area contributed by atoms with Crippen molar-refractivity contribution in [2.24, 2.45) is 0 Å². The highest BCUT2D eigenvalue weighted by molar-refractivity contribution is 9.10. The van der Waals surface area contributed by atoms with Gasteiger partial charge in [0.05, 0.1) is 24.9 Å². The number of carbonyl (C=O) groups excluding carboxylic acids is 1. The number of rotatable bonds is 7. The van der Waals surface area contributed by atoms with Crippen molar-refractivity contribution in [1.29, 1.82) is 0 Å². The van der Waals surface area contributed by atoms with E-state index >= 15 is 0 Å². The molecule has 152 valence electrons. The highest BCUT2D eigenvalue weighted by Gasteiger charge is 2.13. The number of methoxy groups -OCH3 is 2. The highest BCUT2D eigenvalue weighted by Crippen LogP contribution is 2.34. The Labute approximate surface area is 191 Å². The van der Waals surface area contributed by atoms with Gasteiger partial charge in [0.2, 0.25) is 5.91 Å². The Morgan fingerprint density at radius 2 is 1.90 bits per heavy atom. The SMILES string of the molecule is COc1cc(Br)c(CCC(=O)Nc2nc(-c3ccc(Cl)cc3Cl)cs2)cc1OC. The number of ether oxygens (including phenoxy) is 2. The monoisotopic (exact) mass is 514 g/mol. The fraction of sp³-hybridized carbons (Fsp3) is 0.200. The van der Waals surface area contributed by atoms with Gasteiger partial charge in [-0.3, -0.25) is 4.79 Å². The molecule has 3 rings (SSSR count). The van der Waals surface area contributed by atoms with E-state index in [-0.39, 0.29) is 5.91 Å². The van der Waals surface area contributed by atoms with E-state index in [1.165, 1.54) is 11.3 Å². The summed E-state index contributed by atoms with van der Waals surface area (Å²) in [5, 5.41) is 6.26. The van der Waals surface area contributed by atoms with E-state index in [4.69, 9.17) is 32.7 Å². The summed E-state index contributed by atoms with van der Waals surface area (Å²) in [6.07, 6.45) is 0.832. The minimum atomic E-state index is -0.130. The Morgan fingerprint density at radius 1 is 1.17 bits per heavy atom. The summed E-state index contributed by atoms with van der Waals surface area (Å²) in [6.45, 7) is 0. The van der Waals surface area contributed by atoms with E-state index in [2.05, 4.69) is 26.2 Å². The van der Waals surface area contributed by atoms with Gasteiger partial charge in [0.1, 0.15) is 0 Å². The fourth-order valence-corrected chi connectivity index (χ4v) is 4.42. The van der Waals surface area contributed by atoms with Crippen LogP contribution in [0.1, 0.15) is 12.0 Å². The van der Waals surface area contributed by atoms with Crippen LogP contribution < -0.4 is 14.8 Å². The van der Waals surface area contributed by atoms with E-state index in [0.717, 1.165) is 15.6 Å². The van der Waals surface area contributed by atoms with Crippen LogP contribution in [0, 0.1) is 0 Å². The average Bonchev–Trinajstić information content (AvgIpc) is 3.14. The van der Waals surface area contributed by atoms with Gasteiger partial charge >= 0.3 is 0 Å². The van der Waals surface area contributed by atoms with Gasteiger partial charge in [-0.1, -0.05) is 39.1 Å². The molecule has 0 unspecified atom stereocenters. The summed E-state index contributed by atoms with van der Waals surface area (Å²) in [6, 6.07) is 8.91. The second-order valence-electron chi connectivity index (χ2n) is 6.01. The molecule has 0 aliphatic heterocycles. The van der Waals surface area contributed by atoms with E-state index < -0.39 is 0 Å². The van der Waals surface area contributed by atoms with Crippen molar-refractivity contribution >= 4 is 61.5 Å². The van der Waals surface area contributed by atoms with Crippen molar-refractivity contribution in [3.8, 4) is 22.8 Å². The van der Waals surface area contributed by atoms with Gasteiger partial charge in [0.25, 0.3) is 0 Å². The van der Waals surface area contributed by atoms with Gasteiger partial charge in [-0.2, -0.15) is 0 Å². The smallest absolute Gasteiger partial charge is 0.226 e. The number of aromatic nitrogens is 1. The molecule has 1 aromatic heterocycles. The first-order chi connectivity index (χ1) is 13.9. The zero-order valence-electron chi connectivity index (χ0n) is 15.6. The quantitative estimate of drug-likeness (QED) is 0.391. The number of halogens is 3. The summed E-state index contributed by atoms with van der Waals surface area (Å²) in [4.78, 5) is 16.8. The number of hydrogen-bond donors (Lipinski definition) is 1. The Bertz CT molecular complexity index is 1040. The lowest BCUT2D eigenvalue weighted by Crippen LogP contribution is -2.12. The van der Waals surface area contributed by atoms with Gasteiger partial charge in [-0.15, -0.1) is 11.3 Å². The van der Waals surface area contributed by atoms with Gasteiger partial charge < -0.3 is 14.8 Å². The number of amides is 1. The third kappa shape index (κ3) is 5.42. The van der Waals surface area contributed by atoms with Crippen molar-refractivity contribution in [1.82, 2.24) is 4.98 Å². The van der Waals surface area contributed by atoms with Crippen LogP contribution in [0.5, 0.6) is 11.5 Å². The summed E-state index contributed by atoms with van der Waals surface area (Å²) in [5.74, 6) is 1.12. The van der Waals surface area contributed by atoms with Crippen molar-refractivity contribution in [2.75, 3.05) is 19.5 Å². The third-order valence-electron chi connectivity index (χ3n) is 4.13. The Kier molecular flexibility index (Phi) is 7.40. The number of aryl methyl sites for hydroxylation is 1. The molecule has 1 amide bonds. The van der Waals surface area contributed by atoms with Crippen molar-refractivity contribution in [2.45, 2.75) is 12.8 Å². The van der Waals surface area contributed by atoms with E-state index in [9.17, 15) is 4.79 Å². The molecule has 0 saturated heterocycles. The normalized spacial score (nSPS) is 10.7. The van der Waals surface area contributed by atoms with Crippen molar-refractivity contribution in [3.05, 3.63) is 55.8 Å². The summed E-state index contributed by atoms with van der Waals surface area (Å²) in [5.41, 5.74) is 2.40. The summed E-state index contributed by atoms with van der Waals surface area (Å²) in [7, 11) is 3.16. The number of nitrogens with zero attached hydrogens (tertiary/aromatic N) is 1. The summed E-state index contributed by atoms with van der Waals surface area (Å²) < 4.78 is 11.5. The first-order valence-electron chi connectivity index (χ1n) is 8.52. The maximum Gasteiger partial charge on any atom is 0.226 e. The molecule has 0 fully saturated rings. The minimum Gasteiger partial charge on any atom is -0.493 e. The molecule has 1 N–H and O–H groups in total. The predicted molar refractivity (Wildman–Crippen MR) is 122 cm³/mol. The first kappa shape index (κ1) is 21.9.